The molecule has 3 nitrogen and oxygen atoms in total. The molecule has 0 spiro atoms. The molecule has 0 aliphatic carbocycles. The number of fused-ring (bicyclic) bond motifs is 2. The van der Waals surface area contributed by atoms with Crippen LogP contribution in [0.3, 0.4) is 0 Å². The maximum atomic E-state index is 8.73. The Morgan fingerprint density at radius 1 is 1.20 bits per heavy atom. The fourth-order valence-corrected chi connectivity index (χ4v) is 2.61. The van der Waals surface area contributed by atoms with Crippen molar-refractivity contribution in [2.24, 2.45) is 0 Å². The van der Waals surface area contributed by atoms with Crippen LogP contribution in [-0.4, -0.2) is 25.2 Å². The number of nitriles is 1. The van der Waals surface area contributed by atoms with Crippen LogP contribution in [0.4, 0.5) is 5.69 Å². The van der Waals surface area contributed by atoms with Crippen molar-refractivity contribution in [3.05, 3.63) is 29.8 Å². The van der Waals surface area contributed by atoms with Crippen molar-refractivity contribution in [1.29, 1.82) is 5.26 Å². The van der Waals surface area contributed by atoms with Gasteiger partial charge < -0.3 is 10.2 Å². The maximum absolute atomic E-state index is 8.73. The minimum absolute atomic E-state index is 0.664. The van der Waals surface area contributed by atoms with Crippen LogP contribution in [-0.2, 0) is 0 Å². The summed E-state index contributed by atoms with van der Waals surface area (Å²) in [6, 6.07) is 11.4. The molecule has 2 bridgehead atoms. The lowest BCUT2D eigenvalue weighted by Crippen LogP contribution is -2.68. The monoisotopic (exact) mass is 199 g/mol. The lowest BCUT2D eigenvalue weighted by atomic mass is 9.88. The molecule has 0 aromatic heterocycles. The highest BCUT2D eigenvalue weighted by Gasteiger charge is 2.41. The Hall–Kier alpha value is -1.53. The van der Waals surface area contributed by atoms with E-state index in [4.69, 9.17) is 5.26 Å². The zero-order valence-electron chi connectivity index (χ0n) is 8.48. The van der Waals surface area contributed by atoms with Gasteiger partial charge in [0, 0.05) is 30.9 Å². The van der Waals surface area contributed by atoms with E-state index in [2.05, 4.69) is 28.4 Å². The first kappa shape index (κ1) is 8.75. The Balaban J connectivity index is 1.85. The minimum Gasteiger partial charge on any atom is -0.363 e. The van der Waals surface area contributed by atoms with Crippen LogP contribution in [0.2, 0.25) is 0 Å². The molecule has 2 aliphatic heterocycles. The van der Waals surface area contributed by atoms with Gasteiger partial charge in [-0.2, -0.15) is 5.26 Å². The van der Waals surface area contributed by atoms with Crippen molar-refractivity contribution in [3.8, 4) is 6.07 Å². The predicted octanol–water partition coefficient (Wildman–Crippen LogP) is 1.11. The van der Waals surface area contributed by atoms with Gasteiger partial charge in [-0.25, -0.2) is 0 Å². The largest absolute Gasteiger partial charge is 0.363 e. The van der Waals surface area contributed by atoms with Gasteiger partial charge in [0.2, 0.25) is 0 Å². The van der Waals surface area contributed by atoms with Crippen LogP contribution in [0.25, 0.3) is 0 Å². The molecule has 2 atom stereocenters. The molecule has 1 aromatic rings. The number of nitrogens with one attached hydrogen (secondary N) is 1. The van der Waals surface area contributed by atoms with Crippen molar-refractivity contribution in [2.75, 3.05) is 18.0 Å². The van der Waals surface area contributed by atoms with E-state index in [-0.39, 0.29) is 0 Å². The van der Waals surface area contributed by atoms with E-state index < -0.39 is 0 Å². The van der Waals surface area contributed by atoms with Crippen LogP contribution in [0.1, 0.15) is 12.0 Å². The van der Waals surface area contributed by atoms with Gasteiger partial charge in [-0.1, -0.05) is 0 Å². The van der Waals surface area contributed by atoms with Gasteiger partial charge in [-0.3, -0.25) is 0 Å². The highest BCUT2D eigenvalue weighted by Crippen LogP contribution is 2.34. The van der Waals surface area contributed by atoms with Gasteiger partial charge in [0.05, 0.1) is 11.6 Å². The third kappa shape index (κ3) is 1.30. The van der Waals surface area contributed by atoms with E-state index in [9.17, 15) is 0 Å². The summed E-state index contributed by atoms with van der Waals surface area (Å²) >= 11 is 0. The molecular weight excluding hydrogens is 186 g/mol. The van der Waals surface area contributed by atoms with Crippen LogP contribution >= 0.6 is 0 Å². The molecule has 2 saturated heterocycles. The topological polar surface area (TPSA) is 39.1 Å². The molecule has 76 valence electrons. The standard InChI is InChI=1S/C12H13N3/c13-6-9-1-3-10(4-2-9)15-11-5-12(15)8-14-7-11/h1-4,11-12,14H,5,7-8H2. The average molecular weight is 199 g/mol. The first-order valence-electron chi connectivity index (χ1n) is 5.38. The van der Waals surface area contributed by atoms with Gasteiger partial charge in [-0.15, -0.1) is 0 Å². The Morgan fingerprint density at radius 3 is 2.40 bits per heavy atom. The molecule has 2 aliphatic rings. The van der Waals surface area contributed by atoms with E-state index in [0.717, 1.165) is 18.7 Å². The number of piperidine rings is 1. The maximum Gasteiger partial charge on any atom is 0.0991 e. The molecule has 3 rings (SSSR count). The molecule has 2 heterocycles. The minimum atomic E-state index is 0.664. The normalized spacial score (nSPS) is 28.1. The number of hydrogen-bond donors (Lipinski definition) is 1. The summed E-state index contributed by atoms with van der Waals surface area (Å²) in [6.45, 7) is 2.19. The highest BCUT2D eigenvalue weighted by molar-refractivity contribution is 5.54. The molecule has 3 heteroatoms. The Kier molecular flexibility index (Phi) is 1.90. The van der Waals surface area contributed by atoms with Crippen LogP contribution in [0.15, 0.2) is 24.3 Å². The second-order valence-corrected chi connectivity index (χ2v) is 4.27. The lowest BCUT2D eigenvalue weighted by molar-refractivity contribution is 0.263. The van der Waals surface area contributed by atoms with E-state index in [1.807, 2.05) is 12.1 Å². The van der Waals surface area contributed by atoms with Crippen molar-refractivity contribution in [2.45, 2.75) is 18.5 Å². The number of piperazine rings is 1. The van der Waals surface area contributed by atoms with Crippen molar-refractivity contribution >= 4 is 5.69 Å². The smallest absolute Gasteiger partial charge is 0.0991 e. The average Bonchev–Trinajstić information content (AvgIpc) is 2.31. The summed E-state index contributed by atoms with van der Waals surface area (Å²) in [7, 11) is 0. The summed E-state index contributed by atoms with van der Waals surface area (Å²) < 4.78 is 0. The highest BCUT2D eigenvalue weighted by atomic mass is 15.3. The van der Waals surface area contributed by atoms with E-state index in [1.165, 1.54) is 12.1 Å². The van der Waals surface area contributed by atoms with E-state index in [1.54, 1.807) is 0 Å². The molecule has 15 heavy (non-hydrogen) atoms. The second-order valence-electron chi connectivity index (χ2n) is 4.27. The van der Waals surface area contributed by atoms with Gasteiger partial charge in [-0.05, 0) is 30.7 Å². The number of rotatable bonds is 1. The Bertz CT molecular complexity index is 390. The molecule has 0 amide bonds. The number of hydrogen-bond acceptors (Lipinski definition) is 3. The first-order chi connectivity index (χ1) is 7.38. The van der Waals surface area contributed by atoms with Crippen LogP contribution in [0.5, 0.6) is 0 Å². The summed E-state index contributed by atoms with van der Waals surface area (Å²) in [6.07, 6.45) is 1.31. The van der Waals surface area contributed by atoms with E-state index in [0.29, 0.717) is 12.1 Å². The third-order valence-corrected chi connectivity index (χ3v) is 3.39. The molecular formula is C12H13N3. The van der Waals surface area contributed by atoms with E-state index >= 15 is 0 Å². The summed E-state index contributed by atoms with van der Waals surface area (Å²) in [4.78, 5) is 2.47. The first-order valence-corrected chi connectivity index (χ1v) is 5.38. The van der Waals surface area contributed by atoms with Crippen molar-refractivity contribution in [3.63, 3.8) is 0 Å². The molecule has 1 N–H and O–H groups in total. The molecule has 2 fully saturated rings. The van der Waals surface area contributed by atoms with Crippen molar-refractivity contribution in [1.82, 2.24) is 5.32 Å². The molecule has 1 aromatic carbocycles. The SMILES string of the molecule is N#Cc1ccc(N2C3CNCC2C3)cc1. The lowest BCUT2D eigenvalue weighted by Gasteiger charge is -2.54. The van der Waals surface area contributed by atoms with Gasteiger partial charge in [0.25, 0.3) is 0 Å². The summed E-state index contributed by atoms with van der Waals surface area (Å²) in [5.41, 5.74) is 2.00. The van der Waals surface area contributed by atoms with Gasteiger partial charge in [0.1, 0.15) is 0 Å². The molecule has 2 unspecified atom stereocenters. The second kappa shape index (κ2) is 3.25. The summed E-state index contributed by atoms with van der Waals surface area (Å²) in [5.74, 6) is 0. The predicted molar refractivity (Wildman–Crippen MR) is 58.7 cm³/mol. The quantitative estimate of drug-likeness (QED) is 0.736. The number of nitrogens with zero attached hydrogens (tertiary/aromatic N) is 2. The number of benzene rings is 1. The number of anilines is 1. The fourth-order valence-electron chi connectivity index (χ4n) is 2.61. The fraction of sp³-hybridized carbons (Fsp3) is 0.417. The zero-order chi connectivity index (χ0) is 10.3. The van der Waals surface area contributed by atoms with Crippen LogP contribution < -0.4 is 10.2 Å². The zero-order valence-corrected chi connectivity index (χ0v) is 8.48. The van der Waals surface area contributed by atoms with Gasteiger partial charge in [0.15, 0.2) is 0 Å². The Morgan fingerprint density at radius 2 is 1.87 bits per heavy atom. The molecule has 0 saturated carbocycles. The summed E-state index contributed by atoms with van der Waals surface area (Å²) in [5, 5.41) is 12.1. The third-order valence-electron chi connectivity index (χ3n) is 3.39. The van der Waals surface area contributed by atoms with Crippen LogP contribution in [0, 0.1) is 11.3 Å². The molecule has 0 radical (unpaired) electrons. The Labute approximate surface area is 89.3 Å². The van der Waals surface area contributed by atoms with Crippen molar-refractivity contribution < 1.29 is 0 Å². The van der Waals surface area contributed by atoms with Gasteiger partial charge >= 0.3 is 0 Å².